The smallest absolute Gasteiger partial charge is 0.180 e. The summed E-state index contributed by atoms with van der Waals surface area (Å²) in [4.78, 5) is 4.19. The third-order valence-corrected chi connectivity index (χ3v) is 3.49. The average Bonchev–Trinajstić information content (AvgIpc) is 2.66. The van der Waals surface area contributed by atoms with E-state index >= 15 is 0 Å². The van der Waals surface area contributed by atoms with Crippen molar-refractivity contribution in [2.24, 2.45) is 0 Å². The Bertz CT molecular complexity index is 427. The zero-order valence-corrected chi connectivity index (χ0v) is 9.10. The van der Waals surface area contributed by atoms with Crippen LogP contribution in [0.3, 0.4) is 0 Å². The maximum Gasteiger partial charge on any atom is 0.180 e. The summed E-state index contributed by atoms with van der Waals surface area (Å²) in [6, 6.07) is 1.89. The lowest BCUT2D eigenvalue weighted by Crippen LogP contribution is -1.94. The molecule has 2 aromatic rings. The van der Waals surface area contributed by atoms with Crippen LogP contribution in [0.1, 0.15) is 5.56 Å². The fourth-order valence-electron chi connectivity index (χ4n) is 0.916. The van der Waals surface area contributed by atoms with E-state index in [9.17, 15) is 0 Å². The van der Waals surface area contributed by atoms with Gasteiger partial charge in [-0.15, -0.1) is 10.2 Å². The lowest BCUT2D eigenvalue weighted by molar-refractivity contribution is 1.01. The highest BCUT2D eigenvalue weighted by Crippen LogP contribution is 2.31. The Labute approximate surface area is 89.6 Å². The summed E-state index contributed by atoms with van der Waals surface area (Å²) in [6.07, 6.45) is 1.75. The molecule has 0 spiro atoms. The second-order valence-electron chi connectivity index (χ2n) is 2.65. The van der Waals surface area contributed by atoms with Gasteiger partial charge in [0.2, 0.25) is 0 Å². The molecule has 2 aromatic heterocycles. The quantitative estimate of drug-likeness (QED) is 0.845. The first-order valence-electron chi connectivity index (χ1n) is 3.92. The SMILES string of the molecule is Cc1ccnc(Sc2nncs2)c1N. The maximum absolute atomic E-state index is 5.87. The highest BCUT2D eigenvalue weighted by atomic mass is 32.2. The van der Waals surface area contributed by atoms with Crippen molar-refractivity contribution in [2.75, 3.05) is 5.73 Å². The van der Waals surface area contributed by atoms with Crippen molar-refractivity contribution in [3.05, 3.63) is 23.3 Å². The predicted octanol–water partition coefficient (Wildman–Crippen LogP) is 1.97. The molecule has 0 atom stereocenters. The van der Waals surface area contributed by atoms with Crippen LogP contribution in [-0.4, -0.2) is 15.2 Å². The highest BCUT2D eigenvalue weighted by molar-refractivity contribution is 8.01. The molecule has 2 N–H and O–H groups in total. The van der Waals surface area contributed by atoms with Crippen molar-refractivity contribution in [3.63, 3.8) is 0 Å². The van der Waals surface area contributed by atoms with Gasteiger partial charge in [-0.2, -0.15) is 0 Å². The van der Waals surface area contributed by atoms with Crippen LogP contribution in [-0.2, 0) is 0 Å². The molecule has 2 rings (SSSR count). The van der Waals surface area contributed by atoms with Gasteiger partial charge in [-0.05, 0) is 30.3 Å². The van der Waals surface area contributed by atoms with E-state index in [1.54, 1.807) is 11.7 Å². The van der Waals surface area contributed by atoms with Gasteiger partial charge in [0.05, 0.1) is 5.69 Å². The van der Waals surface area contributed by atoms with E-state index in [1.807, 2.05) is 13.0 Å². The third-order valence-electron chi connectivity index (χ3n) is 1.70. The van der Waals surface area contributed by atoms with Gasteiger partial charge in [0.1, 0.15) is 10.5 Å². The van der Waals surface area contributed by atoms with E-state index in [2.05, 4.69) is 15.2 Å². The molecule has 0 aliphatic heterocycles. The molecule has 0 fully saturated rings. The van der Waals surface area contributed by atoms with E-state index < -0.39 is 0 Å². The molecule has 0 saturated carbocycles. The number of rotatable bonds is 2. The average molecular weight is 224 g/mol. The molecular weight excluding hydrogens is 216 g/mol. The van der Waals surface area contributed by atoms with Crippen LogP contribution in [0.25, 0.3) is 0 Å². The van der Waals surface area contributed by atoms with Crippen molar-refractivity contribution < 1.29 is 0 Å². The fourth-order valence-corrected chi connectivity index (χ4v) is 2.39. The number of hydrogen-bond donors (Lipinski definition) is 1. The number of nitrogens with zero attached hydrogens (tertiary/aromatic N) is 3. The van der Waals surface area contributed by atoms with Gasteiger partial charge in [0, 0.05) is 6.20 Å². The normalized spacial score (nSPS) is 10.4. The monoisotopic (exact) mass is 224 g/mol. The van der Waals surface area contributed by atoms with Crippen LogP contribution in [0.15, 0.2) is 27.1 Å². The molecule has 0 radical (unpaired) electrons. The summed E-state index contributed by atoms with van der Waals surface area (Å²) in [5.74, 6) is 0. The lowest BCUT2D eigenvalue weighted by atomic mass is 10.3. The van der Waals surface area contributed by atoms with Crippen LogP contribution in [0.2, 0.25) is 0 Å². The predicted molar refractivity (Wildman–Crippen MR) is 57.4 cm³/mol. The summed E-state index contributed by atoms with van der Waals surface area (Å²) < 4.78 is 0.856. The van der Waals surface area contributed by atoms with E-state index in [0.717, 1.165) is 14.9 Å². The van der Waals surface area contributed by atoms with Gasteiger partial charge < -0.3 is 5.73 Å². The van der Waals surface area contributed by atoms with Crippen LogP contribution in [0.4, 0.5) is 5.69 Å². The number of aromatic nitrogens is 3. The first-order chi connectivity index (χ1) is 6.77. The molecule has 0 aliphatic rings. The van der Waals surface area contributed by atoms with Crippen molar-refractivity contribution in [3.8, 4) is 0 Å². The topological polar surface area (TPSA) is 64.7 Å². The van der Waals surface area contributed by atoms with Crippen LogP contribution >= 0.6 is 23.1 Å². The third kappa shape index (κ3) is 1.85. The molecular formula is C8H8N4S2. The van der Waals surface area contributed by atoms with Crippen molar-refractivity contribution in [1.82, 2.24) is 15.2 Å². The first-order valence-corrected chi connectivity index (χ1v) is 5.62. The minimum atomic E-state index is 0.715. The Hall–Kier alpha value is -1.14. The van der Waals surface area contributed by atoms with Crippen molar-refractivity contribution >= 4 is 28.8 Å². The van der Waals surface area contributed by atoms with Gasteiger partial charge >= 0.3 is 0 Å². The van der Waals surface area contributed by atoms with Crippen molar-refractivity contribution in [2.45, 2.75) is 16.3 Å². The zero-order valence-electron chi connectivity index (χ0n) is 7.47. The second-order valence-corrected chi connectivity index (χ2v) is 4.72. The summed E-state index contributed by atoms with van der Waals surface area (Å²) >= 11 is 2.92. The minimum Gasteiger partial charge on any atom is -0.396 e. The van der Waals surface area contributed by atoms with Gasteiger partial charge in [0.25, 0.3) is 0 Å². The number of nitrogens with two attached hydrogens (primary N) is 1. The fraction of sp³-hybridized carbons (Fsp3) is 0.125. The largest absolute Gasteiger partial charge is 0.396 e. The van der Waals surface area contributed by atoms with E-state index in [4.69, 9.17) is 5.73 Å². The Morgan fingerprint density at radius 1 is 1.50 bits per heavy atom. The molecule has 72 valence electrons. The first kappa shape index (κ1) is 9.42. The number of aryl methyl sites for hydroxylation is 1. The lowest BCUT2D eigenvalue weighted by Gasteiger charge is -2.03. The maximum atomic E-state index is 5.87. The molecule has 0 aromatic carbocycles. The van der Waals surface area contributed by atoms with E-state index in [0.29, 0.717) is 5.69 Å². The molecule has 0 aliphatic carbocycles. The van der Waals surface area contributed by atoms with Crippen molar-refractivity contribution in [1.29, 1.82) is 0 Å². The molecule has 0 amide bonds. The van der Waals surface area contributed by atoms with Gasteiger partial charge in [-0.3, -0.25) is 0 Å². The van der Waals surface area contributed by atoms with Crippen LogP contribution in [0.5, 0.6) is 0 Å². The summed E-state index contributed by atoms with van der Waals surface area (Å²) in [5.41, 5.74) is 9.31. The van der Waals surface area contributed by atoms with Gasteiger partial charge in [-0.1, -0.05) is 11.3 Å². The molecule has 2 heterocycles. The molecule has 14 heavy (non-hydrogen) atoms. The van der Waals surface area contributed by atoms with E-state index in [-0.39, 0.29) is 0 Å². The Kier molecular flexibility index (Phi) is 2.64. The molecule has 6 heteroatoms. The summed E-state index contributed by atoms with van der Waals surface area (Å²) in [7, 11) is 0. The molecule has 0 unspecified atom stereocenters. The Morgan fingerprint density at radius 2 is 2.36 bits per heavy atom. The summed E-state index contributed by atoms with van der Waals surface area (Å²) in [6.45, 7) is 1.96. The Balaban J connectivity index is 2.29. The Morgan fingerprint density at radius 3 is 3.07 bits per heavy atom. The number of hydrogen-bond acceptors (Lipinski definition) is 6. The molecule has 4 nitrogen and oxygen atoms in total. The highest BCUT2D eigenvalue weighted by Gasteiger charge is 2.07. The van der Waals surface area contributed by atoms with Crippen LogP contribution in [0, 0.1) is 6.92 Å². The van der Waals surface area contributed by atoms with Gasteiger partial charge in [-0.25, -0.2) is 4.98 Å². The van der Waals surface area contributed by atoms with E-state index in [1.165, 1.54) is 23.1 Å². The second kappa shape index (κ2) is 3.93. The summed E-state index contributed by atoms with van der Waals surface area (Å²) in [5, 5.41) is 8.46. The van der Waals surface area contributed by atoms with Crippen LogP contribution < -0.4 is 5.73 Å². The number of nitrogen functional groups attached to an aromatic ring is 1. The molecule has 0 bridgehead atoms. The molecule has 0 saturated heterocycles. The zero-order chi connectivity index (χ0) is 9.97. The number of anilines is 1. The number of pyridine rings is 1. The minimum absolute atomic E-state index is 0.715. The van der Waals surface area contributed by atoms with Gasteiger partial charge in [0.15, 0.2) is 4.34 Å². The standard InChI is InChI=1S/C8H8N4S2/c1-5-2-3-10-7(6(5)9)14-8-12-11-4-13-8/h2-4H,9H2,1H3.